The molecule has 4 heteroatoms. The van der Waals surface area contributed by atoms with E-state index in [9.17, 15) is 4.79 Å². The van der Waals surface area contributed by atoms with Gasteiger partial charge in [-0.15, -0.1) is 0 Å². The Morgan fingerprint density at radius 3 is 2.04 bits per heavy atom. The maximum absolute atomic E-state index is 12.5. The summed E-state index contributed by atoms with van der Waals surface area (Å²) in [7, 11) is 0. The molecule has 1 N–H and O–H groups in total. The highest BCUT2D eigenvalue weighted by Gasteiger charge is 2.51. The number of hydrogen-bond donors (Lipinski definition) is 1. The molecule has 0 saturated heterocycles. The lowest BCUT2D eigenvalue weighted by molar-refractivity contribution is -0.00518. The second kappa shape index (κ2) is 6.53. The van der Waals surface area contributed by atoms with Gasteiger partial charge in [-0.1, -0.05) is 35.3 Å². The van der Waals surface area contributed by atoms with E-state index in [1.165, 1.54) is 44.1 Å². The topological polar surface area (TPSA) is 29.1 Å². The zero-order chi connectivity index (χ0) is 18.6. The van der Waals surface area contributed by atoms with Crippen LogP contribution in [-0.4, -0.2) is 5.91 Å². The maximum Gasteiger partial charge on any atom is 0.257 e. The van der Waals surface area contributed by atoms with Gasteiger partial charge in [0.05, 0.1) is 10.6 Å². The molecule has 140 valence electrons. The van der Waals surface area contributed by atoms with Crippen LogP contribution in [0, 0.1) is 17.8 Å². The molecule has 0 heterocycles. The number of rotatable bonds is 3. The van der Waals surface area contributed by atoms with Crippen molar-refractivity contribution in [2.75, 3.05) is 5.32 Å². The van der Waals surface area contributed by atoms with E-state index in [0.717, 1.165) is 23.4 Å². The lowest BCUT2D eigenvalue weighted by Crippen LogP contribution is -2.48. The van der Waals surface area contributed by atoms with Crippen molar-refractivity contribution < 1.29 is 4.79 Å². The predicted molar refractivity (Wildman–Crippen MR) is 111 cm³/mol. The fourth-order valence-corrected chi connectivity index (χ4v) is 6.74. The minimum absolute atomic E-state index is 0.209. The van der Waals surface area contributed by atoms with Crippen molar-refractivity contribution in [1.29, 1.82) is 0 Å². The first-order valence-corrected chi connectivity index (χ1v) is 10.6. The summed E-state index contributed by atoms with van der Waals surface area (Å²) in [6.45, 7) is 0. The van der Waals surface area contributed by atoms with E-state index in [-0.39, 0.29) is 5.91 Å². The average molecular weight is 400 g/mol. The van der Waals surface area contributed by atoms with Gasteiger partial charge in [-0.3, -0.25) is 4.79 Å². The molecule has 0 spiro atoms. The van der Waals surface area contributed by atoms with Crippen LogP contribution in [0.2, 0.25) is 10.0 Å². The van der Waals surface area contributed by atoms with Crippen molar-refractivity contribution in [2.45, 2.75) is 43.9 Å². The molecule has 0 atom stereocenters. The summed E-state index contributed by atoms with van der Waals surface area (Å²) < 4.78 is 0. The third kappa shape index (κ3) is 3.17. The highest BCUT2D eigenvalue weighted by Crippen LogP contribution is 2.60. The third-order valence-electron chi connectivity index (χ3n) is 6.97. The van der Waals surface area contributed by atoms with Crippen LogP contribution in [0.4, 0.5) is 5.69 Å². The Hall–Kier alpha value is -1.51. The maximum atomic E-state index is 12.5. The van der Waals surface area contributed by atoms with Crippen molar-refractivity contribution in [2.24, 2.45) is 17.8 Å². The molecule has 0 aliphatic heterocycles. The summed E-state index contributed by atoms with van der Waals surface area (Å²) in [6.07, 6.45) is 8.42. The summed E-state index contributed by atoms with van der Waals surface area (Å²) in [4.78, 5) is 12.5. The van der Waals surface area contributed by atoms with Gasteiger partial charge in [0.15, 0.2) is 0 Å². The summed E-state index contributed by atoms with van der Waals surface area (Å²) in [5.41, 5.74) is 3.09. The monoisotopic (exact) mass is 399 g/mol. The Morgan fingerprint density at radius 2 is 1.48 bits per heavy atom. The lowest BCUT2D eigenvalue weighted by atomic mass is 9.48. The molecule has 1 amide bonds. The van der Waals surface area contributed by atoms with Gasteiger partial charge in [0.1, 0.15) is 0 Å². The lowest BCUT2D eigenvalue weighted by Gasteiger charge is -2.57. The first-order valence-electron chi connectivity index (χ1n) is 9.88. The third-order valence-corrected chi connectivity index (χ3v) is 7.52. The largest absolute Gasteiger partial charge is 0.322 e. The van der Waals surface area contributed by atoms with E-state index in [4.69, 9.17) is 23.2 Å². The number of carbonyl (C=O) groups excluding carboxylic acids is 1. The van der Waals surface area contributed by atoms with Crippen molar-refractivity contribution in [3.05, 3.63) is 63.6 Å². The molecule has 4 bridgehead atoms. The smallest absolute Gasteiger partial charge is 0.257 e. The van der Waals surface area contributed by atoms with Crippen LogP contribution in [0.25, 0.3) is 0 Å². The summed E-state index contributed by atoms with van der Waals surface area (Å²) >= 11 is 12.1. The molecular weight excluding hydrogens is 377 g/mol. The van der Waals surface area contributed by atoms with Crippen molar-refractivity contribution in [3.8, 4) is 0 Å². The number of benzene rings is 2. The van der Waals surface area contributed by atoms with Gasteiger partial charge >= 0.3 is 0 Å². The Morgan fingerprint density at radius 1 is 0.889 bits per heavy atom. The number of anilines is 1. The molecule has 2 aromatic rings. The molecule has 27 heavy (non-hydrogen) atoms. The fraction of sp³-hybridized carbons (Fsp3) is 0.435. The van der Waals surface area contributed by atoms with Crippen molar-refractivity contribution in [1.82, 2.24) is 0 Å². The molecule has 4 aliphatic carbocycles. The fourth-order valence-electron chi connectivity index (χ4n) is 6.24. The van der Waals surface area contributed by atoms with E-state index in [2.05, 4.69) is 17.4 Å². The first-order chi connectivity index (χ1) is 13.0. The predicted octanol–water partition coefficient (Wildman–Crippen LogP) is 6.71. The molecule has 4 saturated carbocycles. The van der Waals surface area contributed by atoms with Crippen LogP contribution >= 0.6 is 23.2 Å². The van der Waals surface area contributed by atoms with Crippen LogP contribution < -0.4 is 5.32 Å². The molecule has 0 aromatic heterocycles. The van der Waals surface area contributed by atoms with Gasteiger partial charge in [0, 0.05) is 10.7 Å². The standard InChI is InChI=1S/C23H23Cl2NO/c24-18-3-6-20(21(25)10-18)22(27)26-19-4-1-17(2-5-19)23-11-14-7-15(12-23)9-16(8-14)13-23/h1-6,10,14-16H,7-9,11-13H2,(H,26,27). The Bertz CT molecular complexity index is 854. The van der Waals surface area contributed by atoms with Crippen LogP contribution in [0.15, 0.2) is 42.5 Å². The Balaban J connectivity index is 1.34. The normalized spacial score (nSPS) is 31.1. The summed E-state index contributed by atoms with van der Waals surface area (Å²) in [5, 5.41) is 3.84. The number of halogens is 2. The van der Waals surface area contributed by atoms with Crippen LogP contribution in [-0.2, 0) is 5.41 Å². The first kappa shape index (κ1) is 17.6. The van der Waals surface area contributed by atoms with Gasteiger partial charge in [-0.2, -0.15) is 0 Å². The van der Waals surface area contributed by atoms with E-state index in [1.807, 2.05) is 12.1 Å². The summed E-state index contributed by atoms with van der Waals surface area (Å²) in [5.74, 6) is 2.59. The van der Waals surface area contributed by atoms with E-state index in [1.54, 1.807) is 18.2 Å². The zero-order valence-electron chi connectivity index (χ0n) is 15.2. The molecule has 2 nitrogen and oxygen atoms in total. The van der Waals surface area contributed by atoms with Gasteiger partial charge in [0.2, 0.25) is 0 Å². The summed E-state index contributed by atoms with van der Waals surface area (Å²) in [6, 6.07) is 13.5. The number of nitrogens with one attached hydrogen (secondary N) is 1. The quantitative estimate of drug-likeness (QED) is 0.609. The number of amides is 1. The average Bonchev–Trinajstić information content (AvgIpc) is 2.61. The van der Waals surface area contributed by atoms with E-state index >= 15 is 0 Å². The highest BCUT2D eigenvalue weighted by atomic mass is 35.5. The second-order valence-corrected chi connectivity index (χ2v) is 9.70. The second-order valence-electron chi connectivity index (χ2n) is 8.85. The Labute approximate surface area is 170 Å². The molecule has 4 fully saturated rings. The molecular formula is C23H23Cl2NO. The van der Waals surface area contributed by atoms with Crippen LogP contribution in [0.5, 0.6) is 0 Å². The van der Waals surface area contributed by atoms with E-state index < -0.39 is 0 Å². The molecule has 0 unspecified atom stereocenters. The molecule has 0 radical (unpaired) electrons. The molecule has 2 aromatic carbocycles. The molecule has 6 rings (SSSR count). The number of hydrogen-bond acceptors (Lipinski definition) is 1. The van der Waals surface area contributed by atoms with Crippen LogP contribution in [0.3, 0.4) is 0 Å². The van der Waals surface area contributed by atoms with Crippen molar-refractivity contribution in [3.63, 3.8) is 0 Å². The van der Waals surface area contributed by atoms with Gasteiger partial charge in [0.25, 0.3) is 5.91 Å². The number of carbonyl (C=O) groups is 1. The van der Waals surface area contributed by atoms with Gasteiger partial charge in [-0.25, -0.2) is 0 Å². The minimum atomic E-state index is -0.209. The van der Waals surface area contributed by atoms with Gasteiger partial charge < -0.3 is 5.32 Å². The molecule has 4 aliphatic rings. The van der Waals surface area contributed by atoms with Gasteiger partial charge in [-0.05, 0) is 97.6 Å². The zero-order valence-corrected chi connectivity index (χ0v) is 16.7. The van der Waals surface area contributed by atoms with E-state index in [0.29, 0.717) is 21.0 Å². The van der Waals surface area contributed by atoms with Crippen LogP contribution in [0.1, 0.15) is 54.4 Å². The minimum Gasteiger partial charge on any atom is -0.322 e. The van der Waals surface area contributed by atoms with Crippen molar-refractivity contribution >= 4 is 34.8 Å². The highest BCUT2D eigenvalue weighted by molar-refractivity contribution is 6.37. The SMILES string of the molecule is O=C(Nc1ccc(C23CC4CC(CC(C4)C2)C3)cc1)c1ccc(Cl)cc1Cl. The Kier molecular flexibility index (Phi) is 4.25.